The second-order valence-corrected chi connectivity index (χ2v) is 3.77. The number of aliphatic carboxylic acids is 1. The van der Waals surface area contributed by atoms with E-state index in [0.717, 1.165) is 0 Å². The number of nitrogens with two attached hydrogens (primary N) is 1. The smallest absolute Gasteiger partial charge is 0.303 e. The Labute approximate surface area is 87.7 Å². The highest BCUT2D eigenvalue weighted by Gasteiger charge is 2.28. The van der Waals surface area contributed by atoms with Gasteiger partial charge in [0.15, 0.2) is 0 Å². The molecule has 0 aromatic carbocycles. The molecule has 2 atom stereocenters. The van der Waals surface area contributed by atoms with E-state index in [-0.39, 0.29) is 18.7 Å². The van der Waals surface area contributed by atoms with Crippen LogP contribution in [0.25, 0.3) is 0 Å². The van der Waals surface area contributed by atoms with Crippen LogP contribution in [-0.4, -0.2) is 52.2 Å². The van der Waals surface area contributed by atoms with Gasteiger partial charge in [-0.1, -0.05) is 0 Å². The fraction of sp³-hybridized carbons (Fsp3) is 0.778. The first-order valence-electron chi connectivity index (χ1n) is 4.95. The highest BCUT2D eigenvalue weighted by atomic mass is 16.4. The Morgan fingerprint density at radius 1 is 1.53 bits per heavy atom. The van der Waals surface area contributed by atoms with Crippen molar-refractivity contribution >= 4 is 11.9 Å². The van der Waals surface area contributed by atoms with Crippen molar-refractivity contribution in [3.63, 3.8) is 0 Å². The standard InChI is InChI=1S/C9H16N2O4/c10-7(1-2-8(13)14)9(15)11-4-3-6(12)5-11/h6-7,12H,1-5,10H2,(H,13,14). The second kappa shape index (κ2) is 5.09. The van der Waals surface area contributed by atoms with Crippen molar-refractivity contribution in [2.24, 2.45) is 5.73 Å². The lowest BCUT2D eigenvalue weighted by Crippen LogP contribution is -2.43. The lowest BCUT2D eigenvalue weighted by molar-refractivity contribution is -0.137. The molecule has 0 aromatic rings. The molecule has 1 aliphatic heterocycles. The molecule has 0 spiro atoms. The summed E-state index contributed by atoms with van der Waals surface area (Å²) in [6, 6.07) is -0.772. The van der Waals surface area contributed by atoms with Crippen LogP contribution in [0.1, 0.15) is 19.3 Å². The van der Waals surface area contributed by atoms with Gasteiger partial charge in [0.1, 0.15) is 0 Å². The largest absolute Gasteiger partial charge is 0.481 e. The van der Waals surface area contributed by atoms with Gasteiger partial charge in [0.05, 0.1) is 12.1 Å². The molecule has 0 bridgehead atoms. The second-order valence-electron chi connectivity index (χ2n) is 3.77. The minimum Gasteiger partial charge on any atom is -0.481 e. The number of carboxylic acids is 1. The number of aliphatic hydroxyl groups excluding tert-OH is 1. The summed E-state index contributed by atoms with van der Waals surface area (Å²) in [6.07, 6.45) is 0.127. The lowest BCUT2D eigenvalue weighted by atomic mass is 10.1. The van der Waals surface area contributed by atoms with Crippen LogP contribution in [0, 0.1) is 0 Å². The number of aliphatic hydroxyl groups is 1. The maximum Gasteiger partial charge on any atom is 0.303 e. The van der Waals surface area contributed by atoms with E-state index in [2.05, 4.69) is 0 Å². The fourth-order valence-corrected chi connectivity index (χ4v) is 1.58. The van der Waals surface area contributed by atoms with E-state index in [1.165, 1.54) is 4.90 Å². The summed E-state index contributed by atoms with van der Waals surface area (Å²) in [5, 5.41) is 17.7. The first kappa shape index (κ1) is 11.9. The maximum absolute atomic E-state index is 11.6. The molecule has 0 aromatic heterocycles. The molecule has 1 saturated heterocycles. The Kier molecular flexibility index (Phi) is 4.05. The highest BCUT2D eigenvalue weighted by Crippen LogP contribution is 2.11. The zero-order chi connectivity index (χ0) is 11.4. The summed E-state index contributed by atoms with van der Waals surface area (Å²) < 4.78 is 0. The summed E-state index contributed by atoms with van der Waals surface area (Å²) in [6.45, 7) is 0.806. The number of hydrogen-bond donors (Lipinski definition) is 3. The zero-order valence-electron chi connectivity index (χ0n) is 8.43. The molecular formula is C9H16N2O4. The van der Waals surface area contributed by atoms with Crippen molar-refractivity contribution in [1.82, 2.24) is 4.90 Å². The molecule has 4 N–H and O–H groups in total. The number of carboxylic acid groups (broad SMARTS) is 1. The Morgan fingerprint density at radius 2 is 2.20 bits per heavy atom. The average Bonchev–Trinajstić information content (AvgIpc) is 2.60. The van der Waals surface area contributed by atoms with Crippen LogP contribution >= 0.6 is 0 Å². The van der Waals surface area contributed by atoms with E-state index in [1.54, 1.807) is 0 Å². The third-order valence-corrected chi connectivity index (χ3v) is 2.46. The molecular weight excluding hydrogens is 200 g/mol. The monoisotopic (exact) mass is 216 g/mol. The van der Waals surface area contributed by atoms with Gasteiger partial charge in [-0.2, -0.15) is 0 Å². The number of amides is 1. The van der Waals surface area contributed by atoms with Crippen LogP contribution in [0.15, 0.2) is 0 Å². The molecule has 0 saturated carbocycles. The number of rotatable bonds is 4. The maximum atomic E-state index is 11.6. The van der Waals surface area contributed by atoms with Gasteiger partial charge >= 0.3 is 5.97 Å². The van der Waals surface area contributed by atoms with Crippen LogP contribution in [0.3, 0.4) is 0 Å². The van der Waals surface area contributed by atoms with Crippen molar-refractivity contribution in [3.05, 3.63) is 0 Å². The normalized spacial score (nSPS) is 22.8. The number of hydrogen-bond acceptors (Lipinski definition) is 4. The van der Waals surface area contributed by atoms with Gasteiger partial charge in [0, 0.05) is 19.5 Å². The van der Waals surface area contributed by atoms with E-state index in [4.69, 9.17) is 10.8 Å². The van der Waals surface area contributed by atoms with Crippen molar-refractivity contribution < 1.29 is 19.8 Å². The fourth-order valence-electron chi connectivity index (χ4n) is 1.58. The van der Waals surface area contributed by atoms with Gasteiger partial charge in [-0.3, -0.25) is 9.59 Å². The summed E-state index contributed by atoms with van der Waals surface area (Å²) in [5.74, 6) is -1.23. The van der Waals surface area contributed by atoms with Crippen LogP contribution < -0.4 is 5.73 Å². The minimum absolute atomic E-state index is 0.108. The average molecular weight is 216 g/mol. The van der Waals surface area contributed by atoms with Crippen LogP contribution in [0.2, 0.25) is 0 Å². The number of nitrogens with zero attached hydrogens (tertiary/aromatic N) is 1. The van der Waals surface area contributed by atoms with Crippen LogP contribution in [0.5, 0.6) is 0 Å². The van der Waals surface area contributed by atoms with E-state index < -0.39 is 18.1 Å². The zero-order valence-corrected chi connectivity index (χ0v) is 8.43. The van der Waals surface area contributed by atoms with Gasteiger partial charge in [0.25, 0.3) is 0 Å². The molecule has 1 rings (SSSR count). The number of likely N-dealkylation sites (tertiary alicyclic amines) is 1. The highest BCUT2D eigenvalue weighted by molar-refractivity contribution is 5.82. The molecule has 2 unspecified atom stereocenters. The van der Waals surface area contributed by atoms with Crippen molar-refractivity contribution in [3.8, 4) is 0 Å². The molecule has 6 nitrogen and oxygen atoms in total. The summed E-state index contributed by atoms with van der Waals surface area (Å²) >= 11 is 0. The lowest BCUT2D eigenvalue weighted by Gasteiger charge is -2.19. The predicted octanol–water partition coefficient (Wildman–Crippen LogP) is -1.23. The predicted molar refractivity (Wildman–Crippen MR) is 52.0 cm³/mol. The van der Waals surface area contributed by atoms with Gasteiger partial charge in [-0.15, -0.1) is 0 Å². The van der Waals surface area contributed by atoms with Crippen LogP contribution in [0.4, 0.5) is 0 Å². The van der Waals surface area contributed by atoms with Crippen LogP contribution in [-0.2, 0) is 9.59 Å². The summed E-state index contributed by atoms with van der Waals surface area (Å²) in [5.41, 5.74) is 5.55. The molecule has 0 aliphatic carbocycles. The molecule has 86 valence electrons. The first-order valence-corrected chi connectivity index (χ1v) is 4.95. The quantitative estimate of drug-likeness (QED) is 0.546. The Balaban J connectivity index is 2.35. The summed E-state index contributed by atoms with van der Waals surface area (Å²) in [4.78, 5) is 23.4. The van der Waals surface area contributed by atoms with Gasteiger partial charge < -0.3 is 20.8 Å². The van der Waals surface area contributed by atoms with E-state index in [0.29, 0.717) is 19.5 Å². The number of β-amino-alcohol motifs (C(OH)–C–C–N with tert-alkyl or cyclic N) is 1. The van der Waals surface area contributed by atoms with Gasteiger partial charge in [0.2, 0.25) is 5.91 Å². The van der Waals surface area contributed by atoms with E-state index >= 15 is 0 Å². The summed E-state index contributed by atoms with van der Waals surface area (Å²) in [7, 11) is 0. The first-order chi connectivity index (χ1) is 7.00. The molecule has 15 heavy (non-hydrogen) atoms. The van der Waals surface area contributed by atoms with E-state index in [1.807, 2.05) is 0 Å². The number of carbonyl (C=O) groups excluding carboxylic acids is 1. The Bertz CT molecular complexity index is 256. The molecule has 1 fully saturated rings. The van der Waals surface area contributed by atoms with Crippen molar-refractivity contribution in [1.29, 1.82) is 0 Å². The Morgan fingerprint density at radius 3 is 2.67 bits per heavy atom. The topological polar surface area (TPSA) is 104 Å². The van der Waals surface area contributed by atoms with Gasteiger partial charge in [-0.05, 0) is 12.8 Å². The molecule has 1 aliphatic rings. The third-order valence-electron chi connectivity index (χ3n) is 2.46. The molecule has 6 heteroatoms. The number of carbonyl (C=O) groups is 2. The molecule has 1 heterocycles. The van der Waals surface area contributed by atoms with Crippen molar-refractivity contribution in [2.75, 3.05) is 13.1 Å². The van der Waals surface area contributed by atoms with E-state index in [9.17, 15) is 14.7 Å². The molecule has 0 radical (unpaired) electrons. The van der Waals surface area contributed by atoms with Crippen molar-refractivity contribution in [2.45, 2.75) is 31.4 Å². The third kappa shape index (κ3) is 3.49. The Hall–Kier alpha value is -1.14. The molecule has 1 amide bonds. The van der Waals surface area contributed by atoms with Gasteiger partial charge in [-0.25, -0.2) is 0 Å². The minimum atomic E-state index is -0.959. The SMILES string of the molecule is NC(CCC(=O)O)C(=O)N1CCC(O)C1.